The molecule has 1 N–H and O–H groups in total. The number of fused-ring (bicyclic) bond motifs is 1. The van der Waals surface area contributed by atoms with Crippen molar-refractivity contribution in [3.8, 4) is 0 Å². The van der Waals surface area contributed by atoms with Gasteiger partial charge in [0.25, 0.3) is 0 Å². The number of halogens is 2. The van der Waals surface area contributed by atoms with E-state index in [-0.39, 0.29) is 28.1 Å². The standard InChI is InChI=1S/C9H5BrFNO2/c10-5-2-7-4(1-6(5)11)8(13)3-9(14)12-7/h1-2H,3H2,(H,12,14). The zero-order valence-corrected chi connectivity index (χ0v) is 8.52. The summed E-state index contributed by atoms with van der Waals surface area (Å²) in [4.78, 5) is 22.3. The average Bonchev–Trinajstić information content (AvgIpc) is 2.08. The number of benzene rings is 1. The molecule has 1 heterocycles. The number of amides is 1. The molecular weight excluding hydrogens is 253 g/mol. The summed E-state index contributed by atoms with van der Waals surface area (Å²) in [7, 11) is 0. The average molecular weight is 258 g/mol. The zero-order chi connectivity index (χ0) is 10.3. The maximum absolute atomic E-state index is 13.1. The molecule has 14 heavy (non-hydrogen) atoms. The highest BCUT2D eigenvalue weighted by Gasteiger charge is 2.23. The van der Waals surface area contributed by atoms with Crippen molar-refractivity contribution in [3.63, 3.8) is 0 Å². The normalized spacial score (nSPS) is 15.0. The quantitative estimate of drug-likeness (QED) is 0.724. The van der Waals surface area contributed by atoms with Crippen LogP contribution in [0.15, 0.2) is 16.6 Å². The van der Waals surface area contributed by atoms with Gasteiger partial charge in [-0.2, -0.15) is 0 Å². The molecule has 1 aromatic carbocycles. The maximum Gasteiger partial charge on any atom is 0.232 e. The van der Waals surface area contributed by atoms with E-state index in [1.165, 1.54) is 6.07 Å². The second-order valence-electron chi connectivity index (χ2n) is 2.96. The van der Waals surface area contributed by atoms with Crippen LogP contribution in [0.5, 0.6) is 0 Å². The van der Waals surface area contributed by atoms with Gasteiger partial charge in [-0.1, -0.05) is 0 Å². The van der Waals surface area contributed by atoms with Crippen LogP contribution < -0.4 is 5.32 Å². The molecule has 0 atom stereocenters. The molecule has 1 aromatic rings. The van der Waals surface area contributed by atoms with Crippen molar-refractivity contribution in [1.29, 1.82) is 0 Å². The van der Waals surface area contributed by atoms with E-state index < -0.39 is 5.82 Å². The Kier molecular flexibility index (Phi) is 2.11. The molecule has 0 saturated carbocycles. The van der Waals surface area contributed by atoms with Gasteiger partial charge in [-0.25, -0.2) is 4.39 Å². The lowest BCUT2D eigenvalue weighted by molar-refractivity contribution is -0.115. The Bertz CT molecular complexity index is 445. The van der Waals surface area contributed by atoms with Gasteiger partial charge in [0.05, 0.1) is 16.6 Å². The van der Waals surface area contributed by atoms with Crippen LogP contribution in [0.1, 0.15) is 16.8 Å². The fourth-order valence-corrected chi connectivity index (χ4v) is 1.66. The van der Waals surface area contributed by atoms with Crippen LogP contribution in [0.3, 0.4) is 0 Å². The van der Waals surface area contributed by atoms with Gasteiger partial charge in [0.15, 0.2) is 5.78 Å². The van der Waals surface area contributed by atoms with Crippen LogP contribution in [-0.4, -0.2) is 11.7 Å². The first kappa shape index (κ1) is 9.33. The van der Waals surface area contributed by atoms with E-state index in [1.807, 2.05) is 0 Å². The van der Waals surface area contributed by atoms with Crippen molar-refractivity contribution in [3.05, 3.63) is 28.0 Å². The lowest BCUT2D eigenvalue weighted by atomic mass is 10.0. The largest absolute Gasteiger partial charge is 0.325 e. The third-order valence-corrected chi connectivity index (χ3v) is 2.56. The van der Waals surface area contributed by atoms with Gasteiger partial charge in [-0.15, -0.1) is 0 Å². The van der Waals surface area contributed by atoms with Crippen LogP contribution in [0.25, 0.3) is 0 Å². The van der Waals surface area contributed by atoms with Crippen molar-refractivity contribution in [2.24, 2.45) is 0 Å². The minimum Gasteiger partial charge on any atom is -0.325 e. The predicted octanol–water partition coefficient (Wildman–Crippen LogP) is 2.11. The molecule has 2 rings (SSSR count). The van der Waals surface area contributed by atoms with Gasteiger partial charge >= 0.3 is 0 Å². The lowest BCUT2D eigenvalue weighted by Gasteiger charge is -2.15. The molecule has 3 nitrogen and oxygen atoms in total. The number of Topliss-reactive ketones (excluding diaryl/α,β-unsaturated/α-hetero) is 1. The molecule has 1 aliphatic rings. The van der Waals surface area contributed by atoms with Gasteiger partial charge in [0.2, 0.25) is 5.91 Å². The first-order valence-electron chi connectivity index (χ1n) is 3.90. The molecule has 0 bridgehead atoms. The predicted molar refractivity (Wildman–Crippen MR) is 51.7 cm³/mol. The molecule has 1 aliphatic heterocycles. The van der Waals surface area contributed by atoms with Crippen molar-refractivity contribution < 1.29 is 14.0 Å². The number of rotatable bonds is 0. The summed E-state index contributed by atoms with van der Waals surface area (Å²) < 4.78 is 13.3. The Morgan fingerprint density at radius 2 is 2.07 bits per heavy atom. The van der Waals surface area contributed by atoms with E-state index in [0.29, 0.717) is 5.69 Å². The molecule has 0 saturated heterocycles. The second kappa shape index (κ2) is 3.16. The van der Waals surface area contributed by atoms with Gasteiger partial charge < -0.3 is 5.32 Å². The number of carbonyl (C=O) groups is 2. The van der Waals surface area contributed by atoms with Crippen molar-refractivity contribution in [2.45, 2.75) is 6.42 Å². The van der Waals surface area contributed by atoms with Crippen LogP contribution in [-0.2, 0) is 4.79 Å². The van der Waals surface area contributed by atoms with E-state index in [1.54, 1.807) is 0 Å². The van der Waals surface area contributed by atoms with Gasteiger partial charge in [0.1, 0.15) is 5.82 Å². The van der Waals surface area contributed by atoms with E-state index in [4.69, 9.17) is 0 Å². The van der Waals surface area contributed by atoms with Gasteiger partial charge in [0, 0.05) is 5.56 Å². The highest BCUT2D eigenvalue weighted by Crippen LogP contribution is 2.28. The van der Waals surface area contributed by atoms with Crippen LogP contribution in [0.4, 0.5) is 10.1 Å². The second-order valence-corrected chi connectivity index (χ2v) is 3.81. The maximum atomic E-state index is 13.1. The van der Waals surface area contributed by atoms with E-state index in [2.05, 4.69) is 21.2 Å². The van der Waals surface area contributed by atoms with E-state index in [9.17, 15) is 14.0 Å². The van der Waals surface area contributed by atoms with Crippen LogP contribution in [0.2, 0.25) is 0 Å². The number of nitrogens with one attached hydrogen (secondary N) is 1. The van der Waals surface area contributed by atoms with Crippen molar-refractivity contribution in [2.75, 3.05) is 5.32 Å². The summed E-state index contributed by atoms with van der Waals surface area (Å²) in [5, 5.41) is 2.50. The molecule has 72 valence electrons. The zero-order valence-electron chi connectivity index (χ0n) is 6.93. The first-order valence-corrected chi connectivity index (χ1v) is 4.69. The molecule has 0 unspecified atom stereocenters. The highest BCUT2D eigenvalue weighted by atomic mass is 79.9. The molecule has 0 fully saturated rings. The minimum atomic E-state index is -0.506. The van der Waals surface area contributed by atoms with E-state index in [0.717, 1.165) is 6.07 Å². The molecular formula is C9H5BrFNO2. The third kappa shape index (κ3) is 1.43. The molecule has 0 aliphatic carbocycles. The fraction of sp³-hybridized carbons (Fsp3) is 0.111. The smallest absolute Gasteiger partial charge is 0.232 e. The summed E-state index contributed by atoms with van der Waals surface area (Å²) in [6, 6.07) is 2.51. The summed E-state index contributed by atoms with van der Waals surface area (Å²) in [6.07, 6.45) is -0.214. The van der Waals surface area contributed by atoms with Gasteiger partial charge in [-0.3, -0.25) is 9.59 Å². The summed E-state index contributed by atoms with van der Waals surface area (Å²) in [6.45, 7) is 0. The summed E-state index contributed by atoms with van der Waals surface area (Å²) in [5.41, 5.74) is 0.588. The Hall–Kier alpha value is -1.23. The van der Waals surface area contributed by atoms with Gasteiger partial charge in [-0.05, 0) is 28.1 Å². The minimum absolute atomic E-state index is 0.214. The highest BCUT2D eigenvalue weighted by molar-refractivity contribution is 9.10. The SMILES string of the molecule is O=C1CC(=O)c2cc(F)c(Br)cc2N1. The molecule has 0 radical (unpaired) electrons. The van der Waals surface area contributed by atoms with Crippen molar-refractivity contribution in [1.82, 2.24) is 0 Å². The number of hydrogen-bond acceptors (Lipinski definition) is 2. The number of hydrogen-bond donors (Lipinski definition) is 1. The van der Waals surface area contributed by atoms with Crippen LogP contribution in [0, 0.1) is 5.82 Å². The molecule has 1 amide bonds. The molecule has 0 aromatic heterocycles. The van der Waals surface area contributed by atoms with Crippen LogP contribution >= 0.6 is 15.9 Å². The molecule has 0 spiro atoms. The third-order valence-electron chi connectivity index (χ3n) is 1.96. The fourth-order valence-electron chi connectivity index (χ4n) is 1.32. The Balaban J connectivity index is 2.60. The Morgan fingerprint density at radius 1 is 1.36 bits per heavy atom. The Labute approximate surface area is 87.4 Å². The monoisotopic (exact) mass is 257 g/mol. The van der Waals surface area contributed by atoms with Crippen molar-refractivity contribution >= 4 is 33.3 Å². The summed E-state index contributed by atoms with van der Waals surface area (Å²) >= 11 is 2.98. The van der Waals surface area contributed by atoms with E-state index >= 15 is 0 Å². The number of carbonyl (C=O) groups excluding carboxylic acids is 2. The number of ketones is 1. The number of anilines is 1. The topological polar surface area (TPSA) is 46.2 Å². The lowest BCUT2D eigenvalue weighted by Crippen LogP contribution is -2.24. The summed E-state index contributed by atoms with van der Waals surface area (Å²) in [5.74, 6) is -1.22. The Morgan fingerprint density at radius 3 is 2.79 bits per heavy atom. The first-order chi connectivity index (χ1) is 6.58. The molecule has 5 heteroatoms.